The molecule has 4 heteroatoms. The first-order valence-electron chi connectivity index (χ1n) is 12.4. The summed E-state index contributed by atoms with van der Waals surface area (Å²) in [5.41, 5.74) is 6.84. The lowest BCUT2D eigenvalue weighted by Gasteiger charge is -2.33. The second kappa shape index (κ2) is 7.47. The third-order valence-electron chi connectivity index (χ3n) is 8.18. The number of aromatic amines is 1. The normalized spacial score (nSPS) is 20.7. The Labute approximate surface area is 204 Å². The number of hydrogen-bond donors (Lipinski definition) is 2. The summed E-state index contributed by atoms with van der Waals surface area (Å²) in [6, 6.07) is 31.6. The molecule has 172 valence electrons. The van der Waals surface area contributed by atoms with Gasteiger partial charge in [-0.05, 0) is 52.9 Å². The first-order valence-corrected chi connectivity index (χ1v) is 12.4. The van der Waals surface area contributed by atoms with Gasteiger partial charge in [-0.1, -0.05) is 78.9 Å². The molecule has 5 aromatic rings. The van der Waals surface area contributed by atoms with E-state index < -0.39 is 0 Å². The number of aromatic nitrogens is 1. The molecule has 2 N–H and O–H groups in total. The number of fused-ring (bicyclic) bond motifs is 5. The molecule has 2 atom stereocenters. The predicted octanol–water partition coefficient (Wildman–Crippen LogP) is 6.14. The van der Waals surface area contributed by atoms with E-state index in [1.807, 2.05) is 12.1 Å². The second-order valence-corrected chi connectivity index (χ2v) is 9.89. The highest BCUT2D eigenvalue weighted by Crippen LogP contribution is 2.54. The molecule has 2 unspecified atom stereocenters. The van der Waals surface area contributed by atoms with Crippen LogP contribution in [0.2, 0.25) is 0 Å². The Hall–Kier alpha value is -4.05. The van der Waals surface area contributed by atoms with E-state index in [0.29, 0.717) is 6.42 Å². The van der Waals surface area contributed by atoms with Crippen molar-refractivity contribution in [3.05, 3.63) is 113 Å². The van der Waals surface area contributed by atoms with Gasteiger partial charge in [0, 0.05) is 28.8 Å². The van der Waals surface area contributed by atoms with Crippen LogP contribution in [0.3, 0.4) is 0 Å². The van der Waals surface area contributed by atoms with E-state index in [-0.39, 0.29) is 17.5 Å². The average molecular weight is 458 g/mol. The van der Waals surface area contributed by atoms with Gasteiger partial charge in [0.2, 0.25) is 5.91 Å². The molecule has 1 amide bonds. The van der Waals surface area contributed by atoms with Gasteiger partial charge in [0.05, 0.1) is 11.8 Å². The van der Waals surface area contributed by atoms with Gasteiger partial charge in [0.1, 0.15) is 6.17 Å². The summed E-state index contributed by atoms with van der Waals surface area (Å²) in [6.45, 7) is 2.94. The summed E-state index contributed by atoms with van der Waals surface area (Å²) in [6.07, 6.45) is 1.17. The van der Waals surface area contributed by atoms with Gasteiger partial charge >= 0.3 is 0 Å². The van der Waals surface area contributed by atoms with E-state index in [9.17, 15) is 4.79 Å². The highest BCUT2D eigenvalue weighted by Gasteiger charge is 2.57. The van der Waals surface area contributed by atoms with Crippen LogP contribution in [-0.2, 0) is 16.6 Å². The van der Waals surface area contributed by atoms with E-state index in [1.165, 1.54) is 27.6 Å². The number of nitrogens with zero attached hydrogens (tertiary/aromatic N) is 1. The number of hydrogen-bond acceptors (Lipinski definition) is 2. The van der Waals surface area contributed by atoms with E-state index in [2.05, 4.69) is 101 Å². The molecule has 1 aromatic heterocycles. The van der Waals surface area contributed by atoms with Crippen LogP contribution in [0.4, 0.5) is 5.69 Å². The molecular formula is C31H27N3O. The molecule has 3 heterocycles. The van der Waals surface area contributed by atoms with Crippen LogP contribution in [0.5, 0.6) is 0 Å². The lowest BCUT2D eigenvalue weighted by atomic mass is 9.75. The number of aryl methyl sites for hydroxylation is 1. The first-order chi connectivity index (χ1) is 17.2. The van der Waals surface area contributed by atoms with Crippen LogP contribution in [0.25, 0.3) is 21.7 Å². The van der Waals surface area contributed by atoms with Gasteiger partial charge in [0.15, 0.2) is 0 Å². The zero-order valence-electron chi connectivity index (χ0n) is 19.7. The first kappa shape index (κ1) is 20.3. The molecule has 7 rings (SSSR count). The van der Waals surface area contributed by atoms with Gasteiger partial charge in [0.25, 0.3) is 0 Å². The van der Waals surface area contributed by atoms with Gasteiger partial charge in [-0.25, -0.2) is 0 Å². The number of anilines is 1. The van der Waals surface area contributed by atoms with E-state index in [1.54, 1.807) is 0 Å². The summed E-state index contributed by atoms with van der Waals surface area (Å²) < 4.78 is 0. The fraction of sp³-hybridized carbons (Fsp3) is 0.194. The van der Waals surface area contributed by atoms with Crippen molar-refractivity contribution in [3.8, 4) is 0 Å². The molecule has 0 bridgehead atoms. The van der Waals surface area contributed by atoms with Crippen molar-refractivity contribution in [1.82, 2.24) is 9.88 Å². The largest absolute Gasteiger partial charge is 0.364 e. The molecule has 4 aromatic carbocycles. The van der Waals surface area contributed by atoms with Crippen LogP contribution in [0, 0.1) is 6.92 Å². The molecule has 1 saturated heterocycles. The Morgan fingerprint density at radius 1 is 0.914 bits per heavy atom. The Balaban J connectivity index is 1.32. The minimum Gasteiger partial charge on any atom is -0.364 e. The lowest BCUT2D eigenvalue weighted by Crippen LogP contribution is -2.47. The van der Waals surface area contributed by atoms with E-state index in [0.717, 1.165) is 35.1 Å². The molecule has 0 saturated carbocycles. The topological polar surface area (TPSA) is 48.1 Å². The Kier molecular flexibility index (Phi) is 4.34. The quantitative estimate of drug-likeness (QED) is 0.342. The number of likely N-dealkylation sites (tertiary alicyclic amines) is 1. The highest BCUT2D eigenvalue weighted by atomic mass is 16.2. The van der Waals surface area contributed by atoms with Crippen molar-refractivity contribution in [3.63, 3.8) is 0 Å². The SMILES string of the molecule is Cc1c(C23CCN(C(=O)Cc4cccc5ccccc45)C2Nc2ccccc23)[nH]c2ccccc12. The number of nitrogens with one attached hydrogen (secondary N) is 2. The zero-order chi connectivity index (χ0) is 23.6. The Morgan fingerprint density at radius 3 is 2.54 bits per heavy atom. The minimum absolute atomic E-state index is 0.117. The molecule has 1 fully saturated rings. The zero-order valence-corrected chi connectivity index (χ0v) is 19.7. The third kappa shape index (κ3) is 2.83. The third-order valence-corrected chi connectivity index (χ3v) is 8.18. The number of H-pyrrole nitrogens is 1. The Bertz CT molecular complexity index is 1610. The van der Waals surface area contributed by atoms with Gasteiger partial charge in [-0.2, -0.15) is 0 Å². The van der Waals surface area contributed by atoms with Gasteiger partial charge < -0.3 is 15.2 Å². The van der Waals surface area contributed by atoms with Crippen LogP contribution < -0.4 is 5.32 Å². The maximum atomic E-state index is 13.9. The smallest absolute Gasteiger partial charge is 0.228 e. The van der Waals surface area contributed by atoms with Crippen molar-refractivity contribution in [2.75, 3.05) is 11.9 Å². The maximum absolute atomic E-state index is 13.9. The number of rotatable bonds is 3. The maximum Gasteiger partial charge on any atom is 0.228 e. The van der Waals surface area contributed by atoms with Crippen molar-refractivity contribution in [2.45, 2.75) is 31.3 Å². The minimum atomic E-state index is -0.298. The molecule has 0 spiro atoms. The standard InChI is InChI=1S/C31H27N3O/c1-20-23-12-4-6-15-26(23)32-29(20)31-17-18-34(30(31)33-27-16-7-5-14-25(27)31)28(35)19-22-11-8-10-21-9-2-3-13-24(21)22/h2-16,30,32-33H,17-19H2,1H3. The number of para-hydroxylation sites is 2. The average Bonchev–Trinajstić information content (AvgIpc) is 3.53. The number of amides is 1. The molecule has 35 heavy (non-hydrogen) atoms. The van der Waals surface area contributed by atoms with Crippen LogP contribution in [-0.4, -0.2) is 28.5 Å². The van der Waals surface area contributed by atoms with Crippen molar-refractivity contribution < 1.29 is 4.79 Å². The van der Waals surface area contributed by atoms with Crippen molar-refractivity contribution >= 4 is 33.3 Å². The molecule has 0 radical (unpaired) electrons. The number of carbonyl (C=O) groups excluding carboxylic acids is 1. The number of carbonyl (C=O) groups is 1. The summed E-state index contributed by atoms with van der Waals surface area (Å²) in [5, 5.41) is 7.33. The van der Waals surface area contributed by atoms with Gasteiger partial charge in [-0.15, -0.1) is 0 Å². The Morgan fingerprint density at radius 2 is 1.66 bits per heavy atom. The molecule has 2 aliphatic rings. The predicted molar refractivity (Wildman–Crippen MR) is 142 cm³/mol. The summed E-state index contributed by atoms with van der Waals surface area (Å²) in [5.74, 6) is 0.169. The molecule has 4 nitrogen and oxygen atoms in total. The monoisotopic (exact) mass is 457 g/mol. The molecule has 2 aliphatic heterocycles. The second-order valence-electron chi connectivity index (χ2n) is 9.89. The van der Waals surface area contributed by atoms with Crippen molar-refractivity contribution in [1.29, 1.82) is 0 Å². The molecular weight excluding hydrogens is 430 g/mol. The van der Waals surface area contributed by atoms with E-state index >= 15 is 0 Å². The summed E-state index contributed by atoms with van der Waals surface area (Å²) in [7, 11) is 0. The highest BCUT2D eigenvalue weighted by molar-refractivity contribution is 5.91. The molecule has 0 aliphatic carbocycles. The fourth-order valence-electron chi connectivity index (χ4n) is 6.56. The summed E-state index contributed by atoms with van der Waals surface area (Å²) >= 11 is 0. The van der Waals surface area contributed by atoms with Gasteiger partial charge in [-0.3, -0.25) is 4.79 Å². The van der Waals surface area contributed by atoms with Crippen LogP contribution in [0.15, 0.2) is 91.0 Å². The van der Waals surface area contributed by atoms with Crippen LogP contribution in [0.1, 0.15) is 28.8 Å². The number of benzene rings is 4. The van der Waals surface area contributed by atoms with E-state index in [4.69, 9.17) is 0 Å². The lowest BCUT2D eigenvalue weighted by molar-refractivity contribution is -0.131. The van der Waals surface area contributed by atoms with Crippen molar-refractivity contribution in [2.24, 2.45) is 0 Å². The van der Waals surface area contributed by atoms with Crippen LogP contribution >= 0.6 is 0 Å². The fourth-order valence-corrected chi connectivity index (χ4v) is 6.56. The summed E-state index contributed by atoms with van der Waals surface area (Å²) in [4.78, 5) is 19.7.